The molecule has 2 aromatic carbocycles. The molecular weight excluding hydrogens is 444 g/mol. The molecule has 3 amide bonds. The summed E-state index contributed by atoms with van der Waals surface area (Å²) in [6.07, 6.45) is -0.0892. The van der Waals surface area contributed by atoms with Crippen LogP contribution >= 0.6 is 0 Å². The summed E-state index contributed by atoms with van der Waals surface area (Å²) in [5.74, 6) is -1.68. The number of carbonyl (C=O) groups is 4. The monoisotopic (exact) mass is 476 g/mol. The van der Waals surface area contributed by atoms with E-state index in [1.165, 1.54) is 19.2 Å². The molecule has 1 saturated heterocycles. The second kappa shape index (κ2) is 8.63. The average molecular weight is 477 g/mol. The van der Waals surface area contributed by atoms with Gasteiger partial charge in [0.25, 0.3) is 5.91 Å². The van der Waals surface area contributed by atoms with Crippen molar-refractivity contribution in [1.29, 1.82) is 0 Å². The Bertz CT molecular complexity index is 1160. The molecule has 1 saturated carbocycles. The van der Waals surface area contributed by atoms with Crippen molar-refractivity contribution in [1.82, 2.24) is 4.90 Å². The summed E-state index contributed by atoms with van der Waals surface area (Å²) in [6.45, 7) is 10.2. The van der Waals surface area contributed by atoms with Crippen LogP contribution in [0.5, 0.6) is 0 Å². The molecule has 7 heteroatoms. The standard InChI is InChI=1S/C28H32N2O5/c1-17(18-10-8-7-9-11-18)29(25(33)23-27(2,3)28(23,4)5)21-16-22(31)30(24(21)32)20-14-12-19(13-15-20)26(34)35-6/h7-15,17,21,23H,16H2,1-6H3. The molecule has 4 rings (SSSR count). The Hall–Kier alpha value is -3.48. The number of carbonyl (C=O) groups excluding carboxylic acids is 4. The maximum atomic E-state index is 14.0. The highest BCUT2D eigenvalue weighted by atomic mass is 16.5. The average Bonchev–Trinajstić information content (AvgIpc) is 3.07. The highest BCUT2D eigenvalue weighted by Gasteiger charge is 2.69. The maximum absolute atomic E-state index is 14.0. The van der Waals surface area contributed by atoms with Gasteiger partial charge in [0.2, 0.25) is 11.8 Å². The molecule has 1 heterocycles. The molecule has 2 fully saturated rings. The summed E-state index contributed by atoms with van der Waals surface area (Å²) in [5, 5.41) is 0. The van der Waals surface area contributed by atoms with Gasteiger partial charge in [-0.3, -0.25) is 14.4 Å². The molecular formula is C28H32N2O5. The Morgan fingerprint density at radius 1 is 0.971 bits per heavy atom. The van der Waals surface area contributed by atoms with E-state index in [9.17, 15) is 19.2 Å². The smallest absolute Gasteiger partial charge is 0.337 e. The molecule has 1 aliphatic heterocycles. The highest BCUT2D eigenvalue weighted by molar-refractivity contribution is 6.23. The van der Waals surface area contributed by atoms with Gasteiger partial charge in [-0.05, 0) is 47.6 Å². The van der Waals surface area contributed by atoms with E-state index in [1.54, 1.807) is 17.0 Å². The van der Waals surface area contributed by atoms with Crippen molar-refractivity contribution in [2.75, 3.05) is 12.0 Å². The molecule has 0 spiro atoms. The van der Waals surface area contributed by atoms with Crippen molar-refractivity contribution in [2.24, 2.45) is 16.7 Å². The zero-order valence-electron chi connectivity index (χ0n) is 21.1. The zero-order valence-corrected chi connectivity index (χ0v) is 21.1. The summed E-state index contributed by atoms with van der Waals surface area (Å²) < 4.78 is 4.72. The normalized spacial score (nSPS) is 21.5. The number of amides is 3. The zero-order chi connectivity index (χ0) is 25.7. The van der Waals surface area contributed by atoms with Gasteiger partial charge in [0.15, 0.2) is 0 Å². The third-order valence-corrected chi connectivity index (χ3v) is 8.23. The Labute approximate surface area is 206 Å². The molecule has 7 nitrogen and oxygen atoms in total. The summed E-state index contributed by atoms with van der Waals surface area (Å²) in [4.78, 5) is 55.2. The topological polar surface area (TPSA) is 84.0 Å². The Kier molecular flexibility index (Phi) is 6.07. The van der Waals surface area contributed by atoms with Crippen LogP contribution in [-0.2, 0) is 19.1 Å². The number of imide groups is 1. The number of nitrogens with zero attached hydrogens (tertiary/aromatic N) is 2. The van der Waals surface area contributed by atoms with E-state index in [2.05, 4.69) is 27.7 Å². The predicted molar refractivity (Wildman–Crippen MR) is 131 cm³/mol. The minimum absolute atomic E-state index is 0.0892. The van der Waals surface area contributed by atoms with Crippen LogP contribution in [0.2, 0.25) is 0 Å². The van der Waals surface area contributed by atoms with Crippen LogP contribution in [0.25, 0.3) is 0 Å². The first-order chi connectivity index (χ1) is 16.4. The van der Waals surface area contributed by atoms with Gasteiger partial charge in [-0.15, -0.1) is 0 Å². The minimum atomic E-state index is -0.905. The SMILES string of the molecule is COC(=O)c1ccc(N2C(=O)CC(N(C(=O)C3C(C)(C)C3(C)C)C(C)c3ccccc3)C2=O)cc1. The second-order valence-electron chi connectivity index (χ2n) is 10.5. The first-order valence-electron chi connectivity index (χ1n) is 11.9. The molecule has 0 aromatic heterocycles. The molecule has 2 aliphatic rings. The van der Waals surface area contributed by atoms with Crippen molar-refractivity contribution >= 4 is 29.4 Å². The van der Waals surface area contributed by atoms with E-state index in [0.29, 0.717) is 11.3 Å². The van der Waals surface area contributed by atoms with E-state index in [0.717, 1.165) is 10.5 Å². The van der Waals surface area contributed by atoms with Crippen LogP contribution in [0.15, 0.2) is 54.6 Å². The van der Waals surface area contributed by atoms with Gasteiger partial charge in [0, 0.05) is 5.92 Å². The number of rotatable bonds is 6. The number of hydrogen-bond acceptors (Lipinski definition) is 5. The molecule has 0 bridgehead atoms. The summed E-state index contributed by atoms with van der Waals surface area (Å²) in [7, 11) is 1.29. The van der Waals surface area contributed by atoms with Crippen LogP contribution in [0.4, 0.5) is 5.69 Å². The van der Waals surface area contributed by atoms with E-state index in [-0.39, 0.29) is 41.0 Å². The molecule has 1 aliphatic carbocycles. The van der Waals surface area contributed by atoms with Crippen LogP contribution in [0.1, 0.15) is 63.0 Å². The lowest BCUT2D eigenvalue weighted by Crippen LogP contribution is -2.48. The van der Waals surface area contributed by atoms with E-state index >= 15 is 0 Å². The summed E-state index contributed by atoms with van der Waals surface area (Å²) >= 11 is 0. The predicted octanol–water partition coefficient (Wildman–Crippen LogP) is 4.38. The van der Waals surface area contributed by atoms with Crippen molar-refractivity contribution in [2.45, 2.75) is 53.1 Å². The van der Waals surface area contributed by atoms with Crippen LogP contribution < -0.4 is 4.90 Å². The van der Waals surface area contributed by atoms with Gasteiger partial charge in [-0.2, -0.15) is 0 Å². The molecule has 35 heavy (non-hydrogen) atoms. The van der Waals surface area contributed by atoms with Crippen molar-refractivity contribution < 1.29 is 23.9 Å². The van der Waals surface area contributed by atoms with Gasteiger partial charge in [-0.25, -0.2) is 9.69 Å². The number of methoxy groups -OCH3 is 1. The number of esters is 1. The summed E-state index contributed by atoms with van der Waals surface area (Å²) in [5.41, 5.74) is 1.15. The van der Waals surface area contributed by atoms with Crippen LogP contribution in [0, 0.1) is 16.7 Å². The van der Waals surface area contributed by atoms with Gasteiger partial charge in [-0.1, -0.05) is 58.0 Å². The van der Waals surface area contributed by atoms with E-state index in [4.69, 9.17) is 4.74 Å². The Morgan fingerprint density at radius 2 is 1.54 bits per heavy atom. The Balaban J connectivity index is 1.69. The minimum Gasteiger partial charge on any atom is -0.465 e. The fourth-order valence-electron chi connectivity index (χ4n) is 5.44. The number of benzene rings is 2. The highest BCUT2D eigenvalue weighted by Crippen LogP contribution is 2.69. The van der Waals surface area contributed by atoms with Crippen LogP contribution in [-0.4, -0.2) is 41.7 Å². The first-order valence-corrected chi connectivity index (χ1v) is 11.9. The van der Waals surface area contributed by atoms with E-state index in [1.807, 2.05) is 37.3 Å². The second-order valence-corrected chi connectivity index (χ2v) is 10.5. The molecule has 2 atom stereocenters. The van der Waals surface area contributed by atoms with Crippen molar-refractivity contribution in [3.05, 3.63) is 65.7 Å². The molecule has 0 N–H and O–H groups in total. The molecule has 2 unspecified atom stereocenters. The maximum Gasteiger partial charge on any atom is 0.337 e. The van der Waals surface area contributed by atoms with E-state index < -0.39 is 17.9 Å². The third-order valence-electron chi connectivity index (χ3n) is 8.23. The number of ether oxygens (including phenoxy) is 1. The van der Waals surface area contributed by atoms with Gasteiger partial charge in [0.05, 0.1) is 30.8 Å². The van der Waals surface area contributed by atoms with Crippen molar-refractivity contribution in [3.8, 4) is 0 Å². The van der Waals surface area contributed by atoms with Gasteiger partial charge >= 0.3 is 5.97 Å². The first kappa shape index (κ1) is 24.6. The summed E-state index contributed by atoms with van der Waals surface area (Å²) in [6, 6.07) is 14.4. The van der Waals surface area contributed by atoms with Gasteiger partial charge in [0.1, 0.15) is 6.04 Å². The fraction of sp³-hybridized carbons (Fsp3) is 0.429. The number of anilines is 1. The number of hydrogen-bond donors (Lipinski definition) is 0. The molecule has 0 radical (unpaired) electrons. The Morgan fingerprint density at radius 3 is 2.06 bits per heavy atom. The third kappa shape index (κ3) is 3.93. The van der Waals surface area contributed by atoms with Crippen molar-refractivity contribution in [3.63, 3.8) is 0 Å². The lowest BCUT2D eigenvalue weighted by atomic mass is 10.0. The quantitative estimate of drug-likeness (QED) is 0.456. The lowest BCUT2D eigenvalue weighted by Gasteiger charge is -2.34. The van der Waals surface area contributed by atoms with Crippen LogP contribution in [0.3, 0.4) is 0 Å². The molecule has 2 aromatic rings. The lowest BCUT2D eigenvalue weighted by molar-refractivity contribution is -0.143. The van der Waals surface area contributed by atoms with Gasteiger partial charge < -0.3 is 9.64 Å². The largest absolute Gasteiger partial charge is 0.465 e. The fourth-order valence-corrected chi connectivity index (χ4v) is 5.44. The molecule has 184 valence electrons.